The molecule has 0 unspecified atom stereocenters. The first-order chi connectivity index (χ1) is 15.2. The molecule has 0 atom stereocenters. The van der Waals surface area contributed by atoms with Crippen molar-refractivity contribution in [2.75, 3.05) is 31.6 Å². The fourth-order valence-corrected chi connectivity index (χ4v) is 4.41. The highest BCUT2D eigenvalue weighted by atomic mass is 35.5. The zero-order chi connectivity index (χ0) is 23.7. The van der Waals surface area contributed by atoms with Gasteiger partial charge in [0.25, 0.3) is 5.91 Å². The lowest BCUT2D eigenvalue weighted by molar-refractivity contribution is -0.147. The minimum atomic E-state index is -3.71. The van der Waals surface area contributed by atoms with Gasteiger partial charge in [-0.3, -0.25) is 9.59 Å². The molecule has 2 aromatic rings. The third-order valence-corrected chi connectivity index (χ3v) is 6.89. The van der Waals surface area contributed by atoms with Crippen molar-refractivity contribution in [2.24, 2.45) is 0 Å². The van der Waals surface area contributed by atoms with E-state index < -0.39 is 28.5 Å². The third-order valence-electron chi connectivity index (χ3n) is 4.52. The number of anilines is 1. The predicted molar refractivity (Wildman–Crippen MR) is 122 cm³/mol. The van der Waals surface area contributed by atoms with E-state index in [0.29, 0.717) is 18.8 Å². The monoisotopic (exact) mass is 482 g/mol. The van der Waals surface area contributed by atoms with Gasteiger partial charge in [-0.05, 0) is 37.3 Å². The quantitative estimate of drug-likeness (QED) is 0.491. The van der Waals surface area contributed by atoms with E-state index >= 15 is 0 Å². The first kappa shape index (κ1) is 25.6. The molecule has 2 rings (SSSR count). The van der Waals surface area contributed by atoms with Crippen LogP contribution in [-0.4, -0.2) is 50.9 Å². The molecule has 1 N–H and O–H groups in total. The van der Waals surface area contributed by atoms with Gasteiger partial charge in [0.2, 0.25) is 10.0 Å². The molecule has 8 nitrogen and oxygen atoms in total. The second kappa shape index (κ2) is 11.8. The van der Waals surface area contributed by atoms with Crippen molar-refractivity contribution in [3.05, 3.63) is 53.1 Å². The van der Waals surface area contributed by atoms with Crippen molar-refractivity contribution in [3.63, 3.8) is 0 Å². The number of benzene rings is 2. The SMILES string of the molecule is CCN(CC)S(=O)(=O)c1ccc(Cl)c(NC(=O)COC(=O)CCOc2ccc(C)cc2)c1. The lowest BCUT2D eigenvalue weighted by atomic mass is 10.2. The number of nitrogens with one attached hydrogen (secondary N) is 1. The van der Waals surface area contributed by atoms with E-state index in [9.17, 15) is 18.0 Å². The Morgan fingerprint density at radius 3 is 2.34 bits per heavy atom. The molecule has 0 aliphatic carbocycles. The number of aryl methyl sites for hydroxylation is 1. The summed E-state index contributed by atoms with van der Waals surface area (Å²) in [5.41, 5.74) is 1.21. The van der Waals surface area contributed by atoms with E-state index in [-0.39, 0.29) is 28.6 Å². The van der Waals surface area contributed by atoms with Crippen molar-refractivity contribution in [1.82, 2.24) is 4.31 Å². The minimum absolute atomic E-state index is 0.00569. The number of sulfonamides is 1. The van der Waals surface area contributed by atoms with E-state index in [1.807, 2.05) is 19.1 Å². The van der Waals surface area contributed by atoms with Crippen LogP contribution in [0.3, 0.4) is 0 Å². The minimum Gasteiger partial charge on any atom is -0.493 e. The molecule has 0 aliphatic rings. The van der Waals surface area contributed by atoms with Crippen molar-refractivity contribution in [2.45, 2.75) is 32.1 Å². The molecule has 0 aromatic heterocycles. The molecule has 10 heteroatoms. The van der Waals surface area contributed by atoms with Gasteiger partial charge in [-0.15, -0.1) is 0 Å². The lowest BCUT2D eigenvalue weighted by Crippen LogP contribution is -2.30. The largest absolute Gasteiger partial charge is 0.493 e. The summed E-state index contributed by atoms with van der Waals surface area (Å²) >= 11 is 6.09. The molecule has 0 radical (unpaired) electrons. The number of hydrogen-bond acceptors (Lipinski definition) is 6. The van der Waals surface area contributed by atoms with Crippen LogP contribution >= 0.6 is 11.6 Å². The first-order valence-electron chi connectivity index (χ1n) is 10.1. The second-order valence-corrected chi connectivity index (χ2v) is 9.20. The number of ether oxygens (including phenoxy) is 2. The summed E-state index contributed by atoms with van der Waals surface area (Å²) in [5.74, 6) is -0.608. The molecular formula is C22H27ClN2O6S. The van der Waals surface area contributed by atoms with Crippen LogP contribution in [-0.2, 0) is 24.3 Å². The smallest absolute Gasteiger partial charge is 0.309 e. The topological polar surface area (TPSA) is 102 Å². The summed E-state index contributed by atoms with van der Waals surface area (Å²) in [5, 5.41) is 2.64. The summed E-state index contributed by atoms with van der Waals surface area (Å²) in [6, 6.07) is 11.4. The fraction of sp³-hybridized carbons (Fsp3) is 0.364. The van der Waals surface area contributed by atoms with E-state index in [2.05, 4.69) is 5.32 Å². The molecule has 0 spiro atoms. The lowest BCUT2D eigenvalue weighted by Gasteiger charge is -2.19. The Morgan fingerprint density at radius 2 is 1.72 bits per heavy atom. The Morgan fingerprint density at radius 1 is 1.06 bits per heavy atom. The maximum atomic E-state index is 12.7. The van der Waals surface area contributed by atoms with Crippen LogP contribution in [0.5, 0.6) is 5.75 Å². The second-order valence-electron chi connectivity index (χ2n) is 6.85. The van der Waals surface area contributed by atoms with Crippen LogP contribution in [0.15, 0.2) is 47.4 Å². The Bertz CT molecular complexity index is 1040. The highest BCUT2D eigenvalue weighted by Crippen LogP contribution is 2.27. The van der Waals surface area contributed by atoms with Gasteiger partial charge < -0.3 is 14.8 Å². The Hall–Kier alpha value is -2.62. The molecule has 174 valence electrons. The van der Waals surface area contributed by atoms with Crippen LogP contribution in [0, 0.1) is 6.92 Å². The zero-order valence-corrected chi connectivity index (χ0v) is 19.8. The molecule has 0 fully saturated rings. The number of rotatable bonds is 11. The first-order valence-corrected chi connectivity index (χ1v) is 11.9. The van der Waals surface area contributed by atoms with Crippen LogP contribution in [0.1, 0.15) is 25.8 Å². The number of halogens is 1. The molecule has 0 saturated carbocycles. The van der Waals surface area contributed by atoms with E-state index in [1.165, 1.54) is 22.5 Å². The molecule has 0 saturated heterocycles. The van der Waals surface area contributed by atoms with E-state index in [1.54, 1.807) is 26.0 Å². The molecule has 0 aliphatic heterocycles. The van der Waals surface area contributed by atoms with Gasteiger partial charge in [0.15, 0.2) is 6.61 Å². The maximum Gasteiger partial charge on any atom is 0.309 e. The number of carbonyl (C=O) groups excluding carboxylic acids is 2. The number of esters is 1. The summed E-state index contributed by atoms with van der Waals surface area (Å²) in [4.78, 5) is 24.0. The summed E-state index contributed by atoms with van der Waals surface area (Å²) in [6.07, 6.45) is -0.0283. The summed E-state index contributed by atoms with van der Waals surface area (Å²) < 4.78 is 37.0. The molecule has 0 bridgehead atoms. The molecule has 0 heterocycles. The van der Waals surface area contributed by atoms with Crippen molar-refractivity contribution in [1.29, 1.82) is 0 Å². The van der Waals surface area contributed by atoms with Gasteiger partial charge in [-0.1, -0.05) is 43.1 Å². The molecule has 1 amide bonds. The van der Waals surface area contributed by atoms with Crippen molar-refractivity contribution in [3.8, 4) is 5.75 Å². The average Bonchev–Trinajstić information content (AvgIpc) is 2.76. The predicted octanol–water partition coefficient (Wildman–Crippen LogP) is 3.63. The third kappa shape index (κ3) is 7.22. The van der Waals surface area contributed by atoms with E-state index in [0.717, 1.165) is 5.56 Å². The van der Waals surface area contributed by atoms with Crippen LogP contribution in [0.4, 0.5) is 5.69 Å². The average molecular weight is 483 g/mol. The number of hydrogen-bond donors (Lipinski definition) is 1. The molecular weight excluding hydrogens is 456 g/mol. The van der Waals surface area contributed by atoms with Gasteiger partial charge in [-0.2, -0.15) is 4.31 Å². The Kier molecular flexibility index (Phi) is 9.49. The molecule has 32 heavy (non-hydrogen) atoms. The Balaban J connectivity index is 1.88. The van der Waals surface area contributed by atoms with Crippen molar-refractivity contribution >= 4 is 39.2 Å². The van der Waals surface area contributed by atoms with Gasteiger partial charge in [-0.25, -0.2) is 8.42 Å². The number of amides is 1. The fourth-order valence-electron chi connectivity index (χ4n) is 2.76. The standard InChI is InChI=1S/C22H27ClN2O6S/c1-4-25(5-2)32(28,29)18-10-11-19(23)20(14-18)24-21(26)15-31-22(27)12-13-30-17-8-6-16(3)7-9-17/h6-11,14H,4-5,12-13,15H2,1-3H3,(H,24,26). The van der Waals surface area contributed by atoms with Crippen LogP contribution in [0.2, 0.25) is 5.02 Å². The highest BCUT2D eigenvalue weighted by molar-refractivity contribution is 7.89. The number of nitrogens with zero attached hydrogens (tertiary/aromatic N) is 1. The normalized spacial score (nSPS) is 11.3. The summed E-state index contributed by atoms with van der Waals surface area (Å²) in [6.45, 7) is 5.63. The zero-order valence-electron chi connectivity index (χ0n) is 18.3. The molecule has 2 aromatic carbocycles. The van der Waals surface area contributed by atoms with Gasteiger partial charge in [0.1, 0.15) is 5.75 Å². The maximum absolute atomic E-state index is 12.7. The van der Waals surface area contributed by atoms with Gasteiger partial charge in [0, 0.05) is 13.1 Å². The van der Waals surface area contributed by atoms with Gasteiger partial charge >= 0.3 is 5.97 Å². The van der Waals surface area contributed by atoms with E-state index in [4.69, 9.17) is 21.1 Å². The summed E-state index contributed by atoms with van der Waals surface area (Å²) in [7, 11) is -3.71. The van der Waals surface area contributed by atoms with Crippen molar-refractivity contribution < 1.29 is 27.5 Å². The van der Waals surface area contributed by atoms with Crippen LogP contribution in [0.25, 0.3) is 0 Å². The van der Waals surface area contributed by atoms with Crippen LogP contribution < -0.4 is 10.1 Å². The Labute approximate surface area is 193 Å². The number of carbonyl (C=O) groups is 2. The highest BCUT2D eigenvalue weighted by Gasteiger charge is 2.23. The van der Waals surface area contributed by atoms with Gasteiger partial charge in [0.05, 0.1) is 28.6 Å².